The Balaban J connectivity index is 1.33. The highest BCUT2D eigenvalue weighted by atomic mass is 16.5. The fourth-order valence-electron chi connectivity index (χ4n) is 4.64. The molecule has 7 rings (SSSR count). The largest absolute Gasteiger partial charge is 0.480 e. The standard InChI is InChI=1S/C27H22N8O2/c36-27-32-22-13-18(14-28-24(22)33-27)23-15-29-25(34-9-11-37-12-10-34)26-31-20(16-35(23)26)8-7-19-6-5-17-3-1-2-4-21(17)30-19/h1-8,13-16H,9-12H2,(H2,28,32,33,36). The zero-order chi connectivity index (χ0) is 24.8. The van der Waals surface area contributed by atoms with E-state index in [4.69, 9.17) is 19.7 Å². The molecule has 0 saturated carbocycles. The highest BCUT2D eigenvalue weighted by molar-refractivity contribution is 5.82. The molecule has 1 saturated heterocycles. The summed E-state index contributed by atoms with van der Waals surface area (Å²) in [5, 5.41) is 10.8. The Kier molecular flexibility index (Phi) is 5.03. The van der Waals surface area contributed by atoms with Crippen molar-refractivity contribution in [3.8, 4) is 17.3 Å². The van der Waals surface area contributed by atoms with Crippen molar-refractivity contribution < 1.29 is 9.84 Å². The summed E-state index contributed by atoms with van der Waals surface area (Å²) in [6.45, 7) is 2.81. The number of nitrogens with zero attached hydrogens (tertiary/aromatic N) is 7. The molecule has 1 aliphatic heterocycles. The van der Waals surface area contributed by atoms with Crippen LogP contribution in [0.2, 0.25) is 0 Å². The smallest absolute Gasteiger partial charge is 0.293 e. The van der Waals surface area contributed by atoms with Crippen molar-refractivity contribution in [2.45, 2.75) is 0 Å². The second kappa shape index (κ2) is 8.68. The Morgan fingerprint density at radius 3 is 2.68 bits per heavy atom. The molecular formula is C27H22N8O2. The van der Waals surface area contributed by atoms with E-state index in [2.05, 4.69) is 32.0 Å². The van der Waals surface area contributed by atoms with E-state index in [-0.39, 0.29) is 6.01 Å². The van der Waals surface area contributed by atoms with Gasteiger partial charge in [-0.05, 0) is 30.4 Å². The SMILES string of the molecule is Oc1nc2cc(-c3cnc(N4CCOCC4)c4nc(C=Cc5ccc6ccccc6n5)cn34)cnc2[nH]1. The maximum absolute atomic E-state index is 9.72. The topological polar surface area (TPSA) is 117 Å². The minimum absolute atomic E-state index is 0.164. The number of pyridine rings is 2. The summed E-state index contributed by atoms with van der Waals surface area (Å²) in [5.74, 6) is 0.807. The quantitative estimate of drug-likeness (QED) is 0.382. The van der Waals surface area contributed by atoms with Crippen LogP contribution in [0.25, 0.3) is 51.1 Å². The number of para-hydroxylation sites is 1. The summed E-state index contributed by atoms with van der Waals surface area (Å²) in [6, 6.07) is 13.8. The summed E-state index contributed by atoms with van der Waals surface area (Å²) in [4.78, 5) is 27.9. The molecule has 1 aliphatic rings. The Bertz CT molecular complexity index is 1800. The molecular weight excluding hydrogens is 468 g/mol. The first-order chi connectivity index (χ1) is 18.2. The molecule has 1 aromatic carbocycles. The third-order valence-electron chi connectivity index (χ3n) is 6.47. The molecule has 0 unspecified atom stereocenters. The number of benzene rings is 1. The Morgan fingerprint density at radius 1 is 0.892 bits per heavy atom. The highest BCUT2D eigenvalue weighted by Gasteiger charge is 2.20. The Morgan fingerprint density at radius 2 is 1.76 bits per heavy atom. The van der Waals surface area contributed by atoms with E-state index in [9.17, 15) is 5.11 Å². The highest BCUT2D eigenvalue weighted by Crippen LogP contribution is 2.28. The molecule has 0 spiro atoms. The van der Waals surface area contributed by atoms with E-state index >= 15 is 0 Å². The molecule has 1 fully saturated rings. The van der Waals surface area contributed by atoms with Crippen molar-refractivity contribution in [3.63, 3.8) is 0 Å². The molecule has 0 bridgehead atoms. The van der Waals surface area contributed by atoms with Gasteiger partial charge in [0.2, 0.25) is 0 Å². The monoisotopic (exact) mass is 490 g/mol. The number of rotatable bonds is 4. The molecule has 37 heavy (non-hydrogen) atoms. The minimum Gasteiger partial charge on any atom is -0.480 e. The third kappa shape index (κ3) is 3.93. The van der Waals surface area contributed by atoms with E-state index in [0.717, 1.165) is 58.1 Å². The lowest BCUT2D eigenvalue weighted by Gasteiger charge is -2.28. The number of aromatic amines is 1. The van der Waals surface area contributed by atoms with Crippen LogP contribution >= 0.6 is 0 Å². The Hall–Kier alpha value is -4.83. The second-order valence-electron chi connectivity index (χ2n) is 8.84. The fraction of sp³-hybridized carbons (Fsp3) is 0.148. The van der Waals surface area contributed by atoms with Crippen LogP contribution in [0, 0.1) is 0 Å². The molecule has 0 atom stereocenters. The summed E-state index contributed by atoms with van der Waals surface area (Å²) < 4.78 is 7.57. The third-order valence-corrected chi connectivity index (χ3v) is 6.47. The van der Waals surface area contributed by atoms with Crippen LogP contribution < -0.4 is 4.90 Å². The summed E-state index contributed by atoms with van der Waals surface area (Å²) in [7, 11) is 0. The van der Waals surface area contributed by atoms with Gasteiger partial charge in [0, 0.05) is 36.4 Å². The normalized spacial score (nSPS) is 14.4. The molecule has 182 valence electrons. The average molecular weight is 491 g/mol. The van der Waals surface area contributed by atoms with Gasteiger partial charge in [0.1, 0.15) is 5.52 Å². The van der Waals surface area contributed by atoms with Gasteiger partial charge in [0.15, 0.2) is 17.1 Å². The number of imidazole rings is 2. The van der Waals surface area contributed by atoms with Crippen LogP contribution in [0.5, 0.6) is 6.01 Å². The van der Waals surface area contributed by atoms with Crippen molar-refractivity contribution in [3.05, 3.63) is 72.4 Å². The summed E-state index contributed by atoms with van der Waals surface area (Å²) in [6.07, 6.45) is 9.48. The first-order valence-electron chi connectivity index (χ1n) is 12.0. The zero-order valence-corrected chi connectivity index (χ0v) is 19.7. The zero-order valence-electron chi connectivity index (χ0n) is 19.7. The van der Waals surface area contributed by atoms with Crippen LogP contribution in [-0.2, 0) is 4.74 Å². The van der Waals surface area contributed by atoms with Crippen LogP contribution in [-0.4, -0.2) is 65.7 Å². The Labute approximate surface area is 210 Å². The van der Waals surface area contributed by atoms with E-state index in [1.54, 1.807) is 6.20 Å². The number of hydrogen-bond donors (Lipinski definition) is 2. The number of H-pyrrole nitrogens is 1. The van der Waals surface area contributed by atoms with Gasteiger partial charge in [-0.2, -0.15) is 4.98 Å². The average Bonchev–Trinajstić information content (AvgIpc) is 3.54. The van der Waals surface area contributed by atoms with Crippen LogP contribution in [0.4, 0.5) is 5.82 Å². The molecule has 2 N–H and O–H groups in total. The first-order valence-corrected chi connectivity index (χ1v) is 12.0. The summed E-state index contributed by atoms with van der Waals surface area (Å²) >= 11 is 0. The lowest BCUT2D eigenvalue weighted by molar-refractivity contribution is 0.122. The molecule has 6 aromatic rings. The number of ether oxygens (including phenoxy) is 1. The maximum atomic E-state index is 9.72. The van der Waals surface area contributed by atoms with E-state index in [1.165, 1.54) is 0 Å². The first kappa shape index (κ1) is 21.5. The number of aromatic hydroxyl groups is 1. The van der Waals surface area contributed by atoms with Gasteiger partial charge in [0.05, 0.1) is 42.0 Å². The van der Waals surface area contributed by atoms with Gasteiger partial charge < -0.3 is 14.7 Å². The molecule has 0 amide bonds. The molecule has 0 aliphatic carbocycles. The molecule has 10 heteroatoms. The molecule has 5 aromatic heterocycles. The van der Waals surface area contributed by atoms with E-state index in [1.807, 2.05) is 59.3 Å². The van der Waals surface area contributed by atoms with Crippen molar-refractivity contribution in [2.24, 2.45) is 0 Å². The second-order valence-corrected chi connectivity index (χ2v) is 8.84. The molecule has 0 radical (unpaired) electrons. The van der Waals surface area contributed by atoms with Gasteiger partial charge in [-0.15, -0.1) is 0 Å². The maximum Gasteiger partial charge on any atom is 0.293 e. The lowest BCUT2D eigenvalue weighted by Crippen LogP contribution is -2.37. The lowest BCUT2D eigenvalue weighted by atomic mass is 10.2. The minimum atomic E-state index is -0.164. The van der Waals surface area contributed by atoms with Crippen LogP contribution in [0.15, 0.2) is 61.1 Å². The number of hydrogen-bond acceptors (Lipinski definition) is 8. The van der Waals surface area contributed by atoms with Crippen molar-refractivity contribution in [2.75, 3.05) is 31.2 Å². The predicted molar refractivity (Wildman–Crippen MR) is 141 cm³/mol. The van der Waals surface area contributed by atoms with Gasteiger partial charge in [-0.25, -0.2) is 19.9 Å². The van der Waals surface area contributed by atoms with E-state index in [0.29, 0.717) is 24.4 Å². The van der Waals surface area contributed by atoms with Gasteiger partial charge in [-0.3, -0.25) is 9.38 Å². The number of nitrogens with one attached hydrogen (secondary N) is 1. The van der Waals surface area contributed by atoms with E-state index < -0.39 is 0 Å². The molecule has 10 nitrogen and oxygen atoms in total. The fourth-order valence-corrected chi connectivity index (χ4v) is 4.64. The van der Waals surface area contributed by atoms with Gasteiger partial charge in [-0.1, -0.05) is 24.3 Å². The predicted octanol–water partition coefficient (Wildman–Crippen LogP) is 3.93. The van der Waals surface area contributed by atoms with Gasteiger partial charge >= 0.3 is 0 Å². The van der Waals surface area contributed by atoms with Crippen LogP contribution in [0.3, 0.4) is 0 Å². The summed E-state index contributed by atoms with van der Waals surface area (Å²) in [5.41, 5.74) is 6.06. The van der Waals surface area contributed by atoms with Crippen molar-refractivity contribution in [1.29, 1.82) is 0 Å². The number of fused-ring (bicyclic) bond motifs is 3. The number of aromatic nitrogens is 7. The number of morpholine rings is 1. The number of anilines is 1. The van der Waals surface area contributed by atoms with Gasteiger partial charge in [0.25, 0.3) is 6.01 Å². The van der Waals surface area contributed by atoms with Crippen molar-refractivity contribution in [1.82, 2.24) is 34.3 Å². The van der Waals surface area contributed by atoms with Crippen LogP contribution in [0.1, 0.15) is 11.4 Å². The van der Waals surface area contributed by atoms with Crippen molar-refractivity contribution >= 4 is 45.7 Å². The molecule has 6 heterocycles.